The summed E-state index contributed by atoms with van der Waals surface area (Å²) in [6.07, 6.45) is 5.45. The van der Waals surface area contributed by atoms with Crippen LogP contribution >= 0.6 is 23.1 Å². The molecule has 2 fully saturated rings. The van der Waals surface area contributed by atoms with E-state index >= 15 is 0 Å². The second-order valence-electron chi connectivity index (χ2n) is 6.39. The summed E-state index contributed by atoms with van der Waals surface area (Å²) in [4.78, 5) is 16.3. The molecule has 2 aliphatic carbocycles. The van der Waals surface area contributed by atoms with Crippen LogP contribution in [-0.4, -0.2) is 10.2 Å². The Labute approximate surface area is 116 Å². The lowest BCUT2D eigenvalue weighted by molar-refractivity contribution is 0.195. The summed E-state index contributed by atoms with van der Waals surface area (Å²) < 4.78 is 0. The van der Waals surface area contributed by atoms with E-state index in [1.165, 1.54) is 46.9 Å². The summed E-state index contributed by atoms with van der Waals surface area (Å²) >= 11 is 3.45. The molecule has 98 valence electrons. The predicted octanol–water partition coefficient (Wildman–Crippen LogP) is 3.62. The first-order valence-corrected chi connectivity index (χ1v) is 8.73. The fraction of sp³-hybridized carbons (Fsp3) is 0.786. The maximum absolute atomic E-state index is 11.7. The van der Waals surface area contributed by atoms with Crippen molar-refractivity contribution in [2.24, 2.45) is 17.8 Å². The van der Waals surface area contributed by atoms with Crippen molar-refractivity contribution in [2.45, 2.75) is 55.2 Å². The van der Waals surface area contributed by atoms with Gasteiger partial charge in [0.15, 0.2) is 0 Å². The fourth-order valence-electron chi connectivity index (χ4n) is 4.75. The number of aromatic nitrogens is 1. The van der Waals surface area contributed by atoms with Gasteiger partial charge in [0, 0.05) is 15.5 Å². The van der Waals surface area contributed by atoms with Crippen LogP contribution in [0.4, 0.5) is 0 Å². The molecule has 0 spiro atoms. The van der Waals surface area contributed by atoms with E-state index in [9.17, 15) is 4.79 Å². The van der Waals surface area contributed by atoms with Crippen LogP contribution in [0, 0.1) is 17.8 Å². The van der Waals surface area contributed by atoms with Crippen molar-refractivity contribution in [3.05, 3.63) is 14.5 Å². The van der Waals surface area contributed by atoms with Crippen LogP contribution in [0.25, 0.3) is 0 Å². The van der Waals surface area contributed by atoms with Crippen LogP contribution in [0.1, 0.15) is 44.4 Å². The number of hydrogen-bond acceptors (Lipinski definition) is 3. The van der Waals surface area contributed by atoms with Crippen molar-refractivity contribution in [3.8, 4) is 0 Å². The molecule has 0 saturated heterocycles. The molecule has 0 unspecified atom stereocenters. The van der Waals surface area contributed by atoms with Crippen LogP contribution in [0.5, 0.6) is 0 Å². The average molecular weight is 281 g/mol. The summed E-state index contributed by atoms with van der Waals surface area (Å²) in [6, 6.07) is 0. The molecular weight excluding hydrogens is 262 g/mol. The lowest BCUT2D eigenvalue weighted by Crippen LogP contribution is -2.44. The molecule has 4 heteroatoms. The smallest absolute Gasteiger partial charge is 0.305 e. The van der Waals surface area contributed by atoms with E-state index < -0.39 is 0 Å². The van der Waals surface area contributed by atoms with Crippen molar-refractivity contribution in [3.63, 3.8) is 0 Å². The van der Waals surface area contributed by atoms with Crippen LogP contribution in [0.2, 0.25) is 0 Å². The third-order valence-corrected chi connectivity index (χ3v) is 8.48. The molecule has 5 atom stereocenters. The summed E-state index contributed by atoms with van der Waals surface area (Å²) in [5.74, 6) is 2.64. The van der Waals surface area contributed by atoms with Crippen molar-refractivity contribution in [1.29, 1.82) is 0 Å². The van der Waals surface area contributed by atoms with Gasteiger partial charge in [-0.1, -0.05) is 25.2 Å². The molecule has 1 aromatic heterocycles. The van der Waals surface area contributed by atoms with Gasteiger partial charge in [-0.15, -0.1) is 11.8 Å². The van der Waals surface area contributed by atoms with Gasteiger partial charge in [-0.25, -0.2) is 0 Å². The van der Waals surface area contributed by atoms with Crippen molar-refractivity contribution in [2.75, 3.05) is 0 Å². The zero-order chi connectivity index (χ0) is 12.5. The molecule has 2 nitrogen and oxygen atoms in total. The van der Waals surface area contributed by atoms with Crippen molar-refractivity contribution < 1.29 is 0 Å². The maximum atomic E-state index is 11.7. The number of hydrogen-bond donors (Lipinski definition) is 1. The first-order valence-electron chi connectivity index (χ1n) is 7.03. The van der Waals surface area contributed by atoms with Gasteiger partial charge in [0.05, 0.1) is 5.03 Å². The average Bonchev–Trinajstić information content (AvgIpc) is 3.02. The quantitative estimate of drug-likeness (QED) is 0.852. The zero-order valence-electron chi connectivity index (χ0n) is 10.9. The highest BCUT2D eigenvalue weighted by Crippen LogP contribution is 2.64. The van der Waals surface area contributed by atoms with Gasteiger partial charge in [0.25, 0.3) is 0 Å². The van der Waals surface area contributed by atoms with E-state index in [0.717, 1.165) is 23.0 Å². The van der Waals surface area contributed by atoms with Gasteiger partial charge < -0.3 is 4.98 Å². The number of nitrogens with one attached hydrogen (secondary N) is 1. The predicted molar refractivity (Wildman–Crippen MR) is 76.5 cm³/mol. The minimum atomic E-state index is 0.138. The molecule has 18 heavy (non-hydrogen) atoms. The van der Waals surface area contributed by atoms with Crippen LogP contribution in [0.3, 0.4) is 0 Å². The Balaban J connectivity index is 1.89. The Kier molecular flexibility index (Phi) is 2.36. The van der Waals surface area contributed by atoms with Gasteiger partial charge in [-0.2, -0.15) is 0 Å². The normalized spacial score (nSPS) is 45.0. The van der Waals surface area contributed by atoms with Crippen molar-refractivity contribution in [1.82, 2.24) is 4.98 Å². The Morgan fingerprint density at radius 2 is 2.17 bits per heavy atom. The summed E-state index contributed by atoms with van der Waals surface area (Å²) in [6.45, 7) is 4.71. The molecule has 1 aliphatic heterocycles. The minimum absolute atomic E-state index is 0.138. The maximum Gasteiger partial charge on any atom is 0.305 e. The highest BCUT2D eigenvalue weighted by molar-refractivity contribution is 8.00. The van der Waals surface area contributed by atoms with Crippen molar-refractivity contribution >= 4 is 23.1 Å². The zero-order valence-corrected chi connectivity index (χ0v) is 12.5. The standard InChI is InChI=1S/C14H19NOS2/c1-3-14(2)9-7-4-5-8(6-7)10(9)17-12-11(14)18-13(16)15-12/h7-10H,3-6H2,1-2H3,(H,15,16)/t7-,8-,9-,10+,14-/m1/s1. The largest absolute Gasteiger partial charge is 0.307 e. The molecule has 1 aromatic rings. The minimum Gasteiger partial charge on any atom is -0.307 e. The first kappa shape index (κ1) is 11.6. The van der Waals surface area contributed by atoms with E-state index in [1.54, 1.807) is 0 Å². The third kappa shape index (κ3) is 1.29. The van der Waals surface area contributed by atoms with E-state index in [4.69, 9.17) is 0 Å². The van der Waals surface area contributed by atoms with Gasteiger partial charge in [-0.05, 0) is 43.4 Å². The Morgan fingerprint density at radius 3 is 2.94 bits per heavy atom. The molecule has 2 bridgehead atoms. The summed E-state index contributed by atoms with van der Waals surface area (Å²) in [5.41, 5.74) is 0.245. The second kappa shape index (κ2) is 3.66. The monoisotopic (exact) mass is 281 g/mol. The Hall–Kier alpha value is -0.220. The third-order valence-electron chi connectivity index (χ3n) is 5.70. The molecule has 3 aliphatic rings. The number of aromatic amines is 1. The van der Waals surface area contributed by atoms with Crippen LogP contribution < -0.4 is 4.87 Å². The Bertz CT molecular complexity index is 548. The van der Waals surface area contributed by atoms with Gasteiger partial charge in [0.1, 0.15) is 0 Å². The number of rotatable bonds is 1. The van der Waals surface area contributed by atoms with E-state index in [-0.39, 0.29) is 10.3 Å². The number of fused-ring (bicyclic) bond motifs is 6. The molecular formula is C14H19NOS2. The SMILES string of the molecule is CC[C@@]1(C)c2sc(=O)[nH]c2S[C@H]2[C@@H]3CC[C@H](C3)[C@H]21. The van der Waals surface area contributed by atoms with Crippen LogP contribution in [0.15, 0.2) is 9.82 Å². The molecule has 2 heterocycles. The molecule has 0 amide bonds. The summed E-state index contributed by atoms with van der Waals surface area (Å²) in [5, 5.41) is 1.97. The van der Waals surface area contributed by atoms with E-state index in [2.05, 4.69) is 18.8 Å². The number of H-pyrrole nitrogens is 1. The fourth-order valence-corrected chi connectivity index (χ4v) is 7.95. The van der Waals surface area contributed by atoms with Gasteiger partial charge in [0.2, 0.25) is 0 Å². The summed E-state index contributed by atoms with van der Waals surface area (Å²) in [7, 11) is 0. The molecule has 4 rings (SSSR count). The highest BCUT2D eigenvalue weighted by atomic mass is 32.2. The van der Waals surface area contributed by atoms with Crippen LogP contribution in [-0.2, 0) is 5.41 Å². The van der Waals surface area contributed by atoms with E-state index in [1.807, 2.05) is 11.8 Å². The lowest BCUT2D eigenvalue weighted by Gasteiger charge is -2.46. The molecule has 1 N–H and O–H groups in total. The van der Waals surface area contributed by atoms with E-state index in [0.29, 0.717) is 0 Å². The number of thiazole rings is 1. The Morgan fingerprint density at radius 1 is 1.39 bits per heavy atom. The second-order valence-corrected chi connectivity index (χ2v) is 8.56. The molecule has 0 radical (unpaired) electrons. The molecule has 0 aromatic carbocycles. The number of thioether (sulfide) groups is 1. The highest BCUT2D eigenvalue weighted by Gasteiger charge is 2.58. The lowest BCUT2D eigenvalue weighted by atomic mass is 9.66. The first-order chi connectivity index (χ1) is 8.63. The van der Waals surface area contributed by atoms with Gasteiger partial charge >= 0.3 is 4.87 Å². The topological polar surface area (TPSA) is 32.9 Å². The molecule has 2 saturated carbocycles. The van der Waals surface area contributed by atoms with Gasteiger partial charge in [-0.3, -0.25) is 4.79 Å².